The number of nitrogens with one attached hydrogen (secondary N) is 3. The topological polar surface area (TPSA) is 122 Å². The third-order valence-corrected chi connectivity index (χ3v) is 5.38. The molecule has 3 N–H and O–H groups in total. The Balaban J connectivity index is 1.38. The quantitative estimate of drug-likeness (QED) is 0.373. The van der Waals surface area contributed by atoms with E-state index in [4.69, 9.17) is 5.26 Å². The van der Waals surface area contributed by atoms with E-state index in [0.29, 0.717) is 41.7 Å². The highest BCUT2D eigenvalue weighted by Crippen LogP contribution is 2.34. The molecule has 0 unspecified atom stereocenters. The van der Waals surface area contributed by atoms with Crippen molar-refractivity contribution in [1.82, 2.24) is 20.3 Å². The molecule has 32 heavy (non-hydrogen) atoms. The highest BCUT2D eigenvalue weighted by Gasteiger charge is 2.18. The molecule has 0 saturated carbocycles. The zero-order valence-corrected chi connectivity index (χ0v) is 17.7. The van der Waals surface area contributed by atoms with E-state index in [1.54, 1.807) is 24.4 Å². The Morgan fingerprint density at radius 2 is 1.84 bits per heavy atom. The molecule has 0 bridgehead atoms. The molecule has 9 heteroatoms. The van der Waals surface area contributed by atoms with E-state index in [1.165, 1.54) is 18.0 Å². The number of anilines is 2. The summed E-state index contributed by atoms with van der Waals surface area (Å²) < 4.78 is 0. The summed E-state index contributed by atoms with van der Waals surface area (Å²) in [5.74, 6) is 1.12. The maximum Gasteiger partial charge on any atom is 0.223 e. The number of hydrogen-bond acceptors (Lipinski definition) is 9. The van der Waals surface area contributed by atoms with Crippen LogP contribution < -0.4 is 16.0 Å². The van der Waals surface area contributed by atoms with E-state index in [1.807, 2.05) is 41.8 Å². The molecule has 0 spiro atoms. The molecule has 0 fully saturated rings. The van der Waals surface area contributed by atoms with Crippen LogP contribution in [0, 0.1) is 22.7 Å². The van der Waals surface area contributed by atoms with E-state index in [-0.39, 0.29) is 0 Å². The van der Waals surface area contributed by atoms with Gasteiger partial charge >= 0.3 is 0 Å². The van der Waals surface area contributed by atoms with Crippen molar-refractivity contribution in [2.75, 3.05) is 23.7 Å². The molecule has 4 rings (SSSR count). The van der Waals surface area contributed by atoms with Crippen molar-refractivity contribution in [2.24, 2.45) is 0 Å². The minimum atomic E-state index is 0.435. The van der Waals surface area contributed by atoms with Crippen LogP contribution >= 0.6 is 11.8 Å². The van der Waals surface area contributed by atoms with Gasteiger partial charge in [-0.25, -0.2) is 15.0 Å². The minimum Gasteiger partial charge on any atom is -0.368 e. The van der Waals surface area contributed by atoms with Crippen molar-refractivity contribution >= 4 is 34.8 Å². The fourth-order valence-electron chi connectivity index (χ4n) is 2.92. The zero-order chi connectivity index (χ0) is 22.2. The predicted molar refractivity (Wildman–Crippen MR) is 126 cm³/mol. The molecule has 0 amide bonds. The van der Waals surface area contributed by atoms with Gasteiger partial charge in [-0.3, -0.25) is 0 Å². The summed E-state index contributed by atoms with van der Waals surface area (Å²) in [7, 11) is 0. The Labute approximate surface area is 189 Å². The first-order chi connectivity index (χ1) is 15.8. The molecule has 3 aromatic rings. The van der Waals surface area contributed by atoms with Crippen LogP contribution in [0.2, 0.25) is 0 Å². The number of hydrogen-bond donors (Lipinski definition) is 3. The third-order valence-electron chi connectivity index (χ3n) is 4.49. The summed E-state index contributed by atoms with van der Waals surface area (Å²) in [4.78, 5) is 12.9. The highest BCUT2D eigenvalue weighted by atomic mass is 32.2. The molecule has 0 atom stereocenters. The first-order valence-corrected chi connectivity index (χ1v) is 10.7. The molecule has 0 saturated heterocycles. The largest absolute Gasteiger partial charge is 0.368 e. The number of rotatable bonds is 7. The molecule has 1 aliphatic heterocycles. The van der Waals surface area contributed by atoms with E-state index < -0.39 is 0 Å². The summed E-state index contributed by atoms with van der Waals surface area (Å²) in [6.07, 6.45) is 3.15. The fourth-order valence-corrected chi connectivity index (χ4v) is 3.78. The van der Waals surface area contributed by atoms with Crippen LogP contribution in [-0.4, -0.2) is 28.0 Å². The van der Waals surface area contributed by atoms with Crippen LogP contribution in [0.4, 0.5) is 11.8 Å². The Morgan fingerprint density at radius 3 is 2.59 bits per heavy atom. The molecule has 0 aliphatic carbocycles. The molecule has 1 aromatic carbocycles. The molecule has 3 heterocycles. The van der Waals surface area contributed by atoms with Crippen LogP contribution in [0.5, 0.6) is 0 Å². The molecule has 1 aliphatic rings. The lowest BCUT2D eigenvalue weighted by atomic mass is 10.1. The summed E-state index contributed by atoms with van der Waals surface area (Å²) in [6, 6.07) is 19.4. The maximum atomic E-state index is 9.76. The van der Waals surface area contributed by atoms with Gasteiger partial charge in [0.1, 0.15) is 23.5 Å². The summed E-state index contributed by atoms with van der Waals surface area (Å²) in [5.41, 5.74) is 3.53. The monoisotopic (exact) mass is 438 g/mol. The molecule has 0 radical (unpaired) electrons. The second-order valence-electron chi connectivity index (χ2n) is 6.62. The van der Waals surface area contributed by atoms with Crippen molar-refractivity contribution in [3.8, 4) is 12.1 Å². The standard InChI is InChI=1S/C23H18N8S/c24-12-16-6-7-21(29-14-16)26-10-11-28-23-27-9-8-19(31-23)18(13-25)22-30-20(15-32-22)17-4-2-1-3-5-17/h1-9,14-15,30H,10-11H2,(H,26,29)(H,27,28,31). The average Bonchev–Trinajstić information content (AvgIpc) is 3.33. The van der Waals surface area contributed by atoms with Crippen LogP contribution in [0.1, 0.15) is 16.8 Å². The van der Waals surface area contributed by atoms with Crippen molar-refractivity contribution in [2.45, 2.75) is 0 Å². The molecule has 8 nitrogen and oxygen atoms in total. The Bertz CT molecular complexity index is 1240. The average molecular weight is 439 g/mol. The van der Waals surface area contributed by atoms with Gasteiger partial charge in [-0.05, 0) is 23.8 Å². The predicted octanol–water partition coefficient (Wildman–Crippen LogP) is 3.79. The number of aromatic nitrogens is 3. The number of allylic oxidation sites excluding steroid dienone is 1. The lowest BCUT2D eigenvalue weighted by molar-refractivity contribution is 1.01. The summed E-state index contributed by atoms with van der Waals surface area (Å²) in [5, 5.41) is 30.9. The van der Waals surface area contributed by atoms with Crippen LogP contribution in [0.15, 0.2) is 71.4 Å². The van der Waals surface area contributed by atoms with Crippen LogP contribution in [0.3, 0.4) is 0 Å². The SMILES string of the molecule is N#CC(=C1NC(c2ccccc2)=CS1)c1ccnc(NCCNc2ccc(C#N)cn2)n1. The summed E-state index contributed by atoms with van der Waals surface area (Å²) >= 11 is 1.47. The summed E-state index contributed by atoms with van der Waals surface area (Å²) in [6.45, 7) is 1.14. The van der Waals surface area contributed by atoms with E-state index >= 15 is 0 Å². The molecular weight excluding hydrogens is 420 g/mol. The second-order valence-corrected chi connectivity index (χ2v) is 7.50. The van der Waals surface area contributed by atoms with Gasteiger partial charge in [0.25, 0.3) is 0 Å². The molecule has 2 aromatic heterocycles. The lowest BCUT2D eigenvalue weighted by Crippen LogP contribution is -2.16. The van der Waals surface area contributed by atoms with Crippen molar-refractivity contribution in [1.29, 1.82) is 10.5 Å². The first kappa shape index (κ1) is 20.9. The number of nitrogens with zero attached hydrogens (tertiary/aromatic N) is 5. The molecule has 156 valence electrons. The zero-order valence-electron chi connectivity index (χ0n) is 16.9. The van der Waals surface area contributed by atoms with Gasteiger partial charge in [-0.2, -0.15) is 10.5 Å². The van der Waals surface area contributed by atoms with Crippen LogP contribution in [0.25, 0.3) is 11.3 Å². The Hall–Kier alpha value is -4.34. The number of pyridine rings is 1. The van der Waals surface area contributed by atoms with Gasteiger partial charge in [-0.1, -0.05) is 42.1 Å². The van der Waals surface area contributed by atoms with Gasteiger partial charge in [0.05, 0.1) is 22.0 Å². The number of benzene rings is 1. The lowest BCUT2D eigenvalue weighted by Gasteiger charge is -2.09. The smallest absolute Gasteiger partial charge is 0.223 e. The number of thioether (sulfide) groups is 1. The fraction of sp³-hybridized carbons (Fsp3) is 0.0870. The van der Waals surface area contributed by atoms with Crippen molar-refractivity contribution in [3.05, 3.63) is 88.2 Å². The highest BCUT2D eigenvalue weighted by molar-refractivity contribution is 8.06. The van der Waals surface area contributed by atoms with Crippen molar-refractivity contribution in [3.63, 3.8) is 0 Å². The van der Waals surface area contributed by atoms with E-state index in [2.05, 4.69) is 37.0 Å². The maximum absolute atomic E-state index is 9.76. The first-order valence-electron chi connectivity index (χ1n) is 9.78. The number of nitriles is 2. The van der Waals surface area contributed by atoms with E-state index in [0.717, 1.165) is 16.3 Å². The minimum absolute atomic E-state index is 0.435. The van der Waals surface area contributed by atoms with Gasteiger partial charge in [0.15, 0.2) is 0 Å². The van der Waals surface area contributed by atoms with Gasteiger partial charge in [-0.15, -0.1) is 0 Å². The van der Waals surface area contributed by atoms with E-state index in [9.17, 15) is 5.26 Å². The normalized spacial score (nSPS) is 13.9. The van der Waals surface area contributed by atoms with Gasteiger partial charge in [0, 0.05) is 30.9 Å². The third kappa shape index (κ3) is 5.04. The van der Waals surface area contributed by atoms with Gasteiger partial charge < -0.3 is 16.0 Å². The Kier molecular flexibility index (Phi) is 6.61. The van der Waals surface area contributed by atoms with Crippen molar-refractivity contribution < 1.29 is 0 Å². The Morgan fingerprint density at radius 1 is 1.00 bits per heavy atom. The van der Waals surface area contributed by atoms with Gasteiger partial charge in [0.2, 0.25) is 5.95 Å². The van der Waals surface area contributed by atoms with Crippen LogP contribution in [-0.2, 0) is 0 Å². The molecular formula is C23H18N8S. The second kappa shape index (κ2) is 10.1.